The first-order chi connectivity index (χ1) is 13.8. The fraction of sp³-hybridized carbons (Fsp3) is 0.0833. The number of imidazole rings is 1. The Morgan fingerprint density at radius 1 is 0.862 bits per heavy atom. The fourth-order valence-corrected chi connectivity index (χ4v) is 3.09. The lowest BCUT2D eigenvalue weighted by Gasteiger charge is -2.19. The Morgan fingerprint density at radius 3 is 2.10 bits per heavy atom. The van der Waals surface area contributed by atoms with Crippen LogP contribution >= 0.6 is 12.4 Å². The smallest absolute Gasteiger partial charge is 0.338 e. The second kappa shape index (κ2) is 9.71. The van der Waals surface area contributed by atoms with Gasteiger partial charge in [0, 0.05) is 12.4 Å². The van der Waals surface area contributed by atoms with Crippen molar-refractivity contribution in [1.29, 1.82) is 0 Å². The van der Waals surface area contributed by atoms with Gasteiger partial charge in [0.15, 0.2) is 0 Å². The molecule has 0 aliphatic heterocycles. The van der Waals surface area contributed by atoms with Crippen LogP contribution in [-0.4, -0.2) is 15.5 Å². The Labute approximate surface area is 176 Å². The van der Waals surface area contributed by atoms with Gasteiger partial charge in [-0.15, -0.1) is 12.4 Å². The third-order valence-corrected chi connectivity index (χ3v) is 4.58. The SMILES string of the molecule is Cl.O=C(OC(Cn1ccnc1)c1ccccc1)c1ccc(-c2ccccc2)cc1. The van der Waals surface area contributed by atoms with Crippen LogP contribution in [0.25, 0.3) is 11.1 Å². The number of aromatic nitrogens is 2. The number of hydrogen-bond acceptors (Lipinski definition) is 3. The van der Waals surface area contributed by atoms with Crippen molar-refractivity contribution in [3.63, 3.8) is 0 Å². The molecule has 5 heteroatoms. The normalized spacial score (nSPS) is 11.3. The maximum atomic E-state index is 12.8. The Balaban J connectivity index is 0.00000240. The molecule has 3 aromatic carbocycles. The van der Waals surface area contributed by atoms with Crippen LogP contribution in [0.2, 0.25) is 0 Å². The molecule has 0 aliphatic rings. The summed E-state index contributed by atoms with van der Waals surface area (Å²) in [6, 6.07) is 27.3. The van der Waals surface area contributed by atoms with Crippen molar-refractivity contribution < 1.29 is 9.53 Å². The van der Waals surface area contributed by atoms with Crippen molar-refractivity contribution in [1.82, 2.24) is 9.55 Å². The van der Waals surface area contributed by atoms with Crippen molar-refractivity contribution in [2.45, 2.75) is 12.6 Å². The van der Waals surface area contributed by atoms with E-state index >= 15 is 0 Å². The predicted molar refractivity (Wildman–Crippen MR) is 116 cm³/mol. The summed E-state index contributed by atoms with van der Waals surface area (Å²) >= 11 is 0. The molecule has 0 aliphatic carbocycles. The largest absolute Gasteiger partial charge is 0.452 e. The molecule has 0 fully saturated rings. The zero-order chi connectivity index (χ0) is 19.2. The summed E-state index contributed by atoms with van der Waals surface area (Å²) in [6.07, 6.45) is 4.90. The summed E-state index contributed by atoms with van der Waals surface area (Å²) in [5.41, 5.74) is 3.66. The molecule has 1 atom stereocenters. The number of halogens is 1. The molecule has 1 unspecified atom stereocenters. The van der Waals surface area contributed by atoms with Gasteiger partial charge in [0.05, 0.1) is 18.4 Å². The number of rotatable bonds is 6. The number of carbonyl (C=O) groups excluding carboxylic acids is 1. The van der Waals surface area contributed by atoms with Gasteiger partial charge < -0.3 is 9.30 Å². The number of nitrogens with zero attached hydrogens (tertiary/aromatic N) is 2. The van der Waals surface area contributed by atoms with E-state index in [2.05, 4.69) is 4.98 Å². The molecule has 4 rings (SSSR count). The van der Waals surface area contributed by atoms with Crippen LogP contribution in [0, 0.1) is 0 Å². The van der Waals surface area contributed by atoms with Crippen LogP contribution < -0.4 is 0 Å². The number of carbonyl (C=O) groups is 1. The summed E-state index contributed by atoms with van der Waals surface area (Å²) in [5.74, 6) is -0.339. The lowest BCUT2D eigenvalue weighted by atomic mass is 10.0. The maximum Gasteiger partial charge on any atom is 0.338 e. The number of benzene rings is 3. The average Bonchev–Trinajstić information content (AvgIpc) is 3.28. The molecule has 0 radical (unpaired) electrons. The zero-order valence-corrected chi connectivity index (χ0v) is 16.5. The van der Waals surface area contributed by atoms with E-state index in [1.54, 1.807) is 12.5 Å². The molecule has 1 heterocycles. The van der Waals surface area contributed by atoms with Gasteiger partial charge in [-0.3, -0.25) is 0 Å². The minimum absolute atomic E-state index is 0. The Hall–Kier alpha value is -3.37. The van der Waals surface area contributed by atoms with Crippen molar-refractivity contribution in [2.24, 2.45) is 0 Å². The van der Waals surface area contributed by atoms with Crippen LogP contribution in [0.3, 0.4) is 0 Å². The second-order valence-corrected chi connectivity index (χ2v) is 6.51. The van der Waals surface area contributed by atoms with Gasteiger partial charge in [-0.05, 0) is 28.8 Å². The van der Waals surface area contributed by atoms with Gasteiger partial charge in [-0.25, -0.2) is 9.78 Å². The standard InChI is InChI=1S/C24H20N2O2.ClH/c27-24(22-13-11-20(12-14-22)19-7-3-1-4-8-19)28-23(17-26-16-15-25-18-26)21-9-5-2-6-10-21;/h1-16,18,23H,17H2;1H. The number of hydrogen-bond donors (Lipinski definition) is 0. The molecule has 29 heavy (non-hydrogen) atoms. The van der Waals surface area contributed by atoms with E-state index in [-0.39, 0.29) is 18.4 Å². The van der Waals surface area contributed by atoms with E-state index in [0.717, 1.165) is 16.7 Å². The van der Waals surface area contributed by atoms with Crippen LogP contribution in [0.5, 0.6) is 0 Å². The molecule has 0 saturated carbocycles. The number of esters is 1. The molecule has 0 N–H and O–H groups in total. The molecule has 4 aromatic rings. The lowest BCUT2D eigenvalue weighted by Crippen LogP contribution is -2.16. The Kier molecular flexibility index (Phi) is 6.82. The molecule has 146 valence electrons. The van der Waals surface area contributed by atoms with E-state index in [0.29, 0.717) is 12.1 Å². The van der Waals surface area contributed by atoms with Crippen LogP contribution in [0.15, 0.2) is 104 Å². The van der Waals surface area contributed by atoms with E-state index in [1.807, 2.05) is 95.7 Å². The molecule has 0 saturated heterocycles. The third kappa shape index (κ3) is 5.12. The highest BCUT2D eigenvalue weighted by molar-refractivity contribution is 5.90. The minimum Gasteiger partial charge on any atom is -0.452 e. The first-order valence-electron chi connectivity index (χ1n) is 9.17. The van der Waals surface area contributed by atoms with Gasteiger partial charge in [-0.1, -0.05) is 72.8 Å². The highest BCUT2D eigenvalue weighted by Gasteiger charge is 2.18. The molecular weight excluding hydrogens is 384 g/mol. The second-order valence-electron chi connectivity index (χ2n) is 6.51. The summed E-state index contributed by atoms with van der Waals surface area (Å²) in [4.78, 5) is 16.8. The molecule has 4 nitrogen and oxygen atoms in total. The zero-order valence-electron chi connectivity index (χ0n) is 15.7. The van der Waals surface area contributed by atoms with E-state index < -0.39 is 6.10 Å². The van der Waals surface area contributed by atoms with Gasteiger partial charge >= 0.3 is 5.97 Å². The first-order valence-corrected chi connectivity index (χ1v) is 9.17. The molecule has 1 aromatic heterocycles. The summed E-state index contributed by atoms with van der Waals surface area (Å²) in [7, 11) is 0. The lowest BCUT2D eigenvalue weighted by molar-refractivity contribution is 0.0255. The van der Waals surface area contributed by atoms with Crippen molar-refractivity contribution >= 4 is 18.4 Å². The average molecular weight is 405 g/mol. The molecule has 0 amide bonds. The topological polar surface area (TPSA) is 44.1 Å². The highest BCUT2D eigenvalue weighted by Crippen LogP contribution is 2.23. The van der Waals surface area contributed by atoms with Crippen molar-refractivity contribution in [2.75, 3.05) is 0 Å². The Morgan fingerprint density at radius 2 is 1.48 bits per heavy atom. The summed E-state index contributed by atoms with van der Waals surface area (Å²) in [5, 5.41) is 0. The van der Waals surface area contributed by atoms with Gasteiger partial charge in [0.1, 0.15) is 6.10 Å². The number of ether oxygens (including phenoxy) is 1. The first kappa shape index (κ1) is 20.4. The van der Waals surface area contributed by atoms with E-state index in [9.17, 15) is 4.79 Å². The van der Waals surface area contributed by atoms with Crippen molar-refractivity contribution in [3.8, 4) is 11.1 Å². The monoisotopic (exact) mass is 404 g/mol. The Bertz CT molecular complexity index is 1020. The maximum absolute atomic E-state index is 12.8. The van der Waals surface area contributed by atoms with Gasteiger partial charge in [-0.2, -0.15) is 0 Å². The van der Waals surface area contributed by atoms with E-state index in [1.165, 1.54) is 0 Å². The van der Waals surface area contributed by atoms with Crippen LogP contribution in [0.1, 0.15) is 22.0 Å². The van der Waals surface area contributed by atoms with Crippen LogP contribution in [-0.2, 0) is 11.3 Å². The minimum atomic E-state index is -0.392. The van der Waals surface area contributed by atoms with Crippen LogP contribution in [0.4, 0.5) is 0 Å². The van der Waals surface area contributed by atoms with Gasteiger partial charge in [0.2, 0.25) is 0 Å². The highest BCUT2D eigenvalue weighted by atomic mass is 35.5. The third-order valence-electron chi connectivity index (χ3n) is 4.58. The summed E-state index contributed by atoms with van der Waals surface area (Å²) in [6.45, 7) is 0.512. The fourth-order valence-electron chi connectivity index (χ4n) is 3.09. The molecule has 0 bridgehead atoms. The van der Waals surface area contributed by atoms with E-state index in [4.69, 9.17) is 4.74 Å². The predicted octanol–water partition coefficient (Wildman–Crippen LogP) is 5.57. The quantitative estimate of drug-likeness (QED) is 0.394. The molecule has 0 spiro atoms. The van der Waals surface area contributed by atoms with Gasteiger partial charge in [0.25, 0.3) is 0 Å². The summed E-state index contributed by atoms with van der Waals surface area (Å²) < 4.78 is 7.76. The van der Waals surface area contributed by atoms with Crippen molar-refractivity contribution in [3.05, 3.63) is 115 Å². The molecular formula is C24H21ClN2O2.